The van der Waals surface area contributed by atoms with Gasteiger partial charge in [0.05, 0.1) is 12.0 Å². The van der Waals surface area contributed by atoms with Crippen LogP contribution in [0, 0.1) is 0 Å². The number of imidazole rings is 1. The highest BCUT2D eigenvalue weighted by Crippen LogP contribution is 2.29. The van der Waals surface area contributed by atoms with E-state index in [1.165, 1.54) is 0 Å². The molecule has 0 spiro atoms. The number of halogens is 4. The summed E-state index contributed by atoms with van der Waals surface area (Å²) in [6.07, 6.45) is -1.03. The molecule has 0 aliphatic rings. The maximum atomic E-state index is 12.6. The molecule has 0 saturated carbocycles. The molecule has 9 heteroatoms. The number of alkyl halides is 3. The van der Waals surface area contributed by atoms with E-state index in [0.29, 0.717) is 17.1 Å². The van der Waals surface area contributed by atoms with E-state index in [-0.39, 0.29) is 5.82 Å². The van der Waals surface area contributed by atoms with E-state index in [9.17, 15) is 13.2 Å². The highest BCUT2D eigenvalue weighted by Gasteiger charge is 2.38. The van der Waals surface area contributed by atoms with Crippen LogP contribution in [0.2, 0.25) is 5.02 Å². The number of hydrogen-bond acceptors (Lipinski definition) is 4. The normalized spacial score (nSPS) is 11.7. The lowest BCUT2D eigenvalue weighted by molar-refractivity contribution is -0.159. The predicted octanol–water partition coefficient (Wildman–Crippen LogP) is 5.32. The van der Waals surface area contributed by atoms with E-state index in [1.54, 1.807) is 42.7 Å². The van der Waals surface area contributed by atoms with Crippen molar-refractivity contribution in [1.82, 2.24) is 19.7 Å². The molecule has 5 nitrogen and oxygen atoms in total. The molecule has 0 aliphatic carbocycles. The average molecular weight is 405 g/mol. The Balaban J connectivity index is 1.48. The summed E-state index contributed by atoms with van der Waals surface area (Å²) in [5.74, 6) is -1.47. The van der Waals surface area contributed by atoms with Gasteiger partial charge in [0, 0.05) is 28.9 Å². The smallest absolute Gasteiger partial charge is 0.332 e. The van der Waals surface area contributed by atoms with Crippen molar-refractivity contribution in [2.24, 2.45) is 0 Å². The van der Waals surface area contributed by atoms with E-state index in [2.05, 4.69) is 19.6 Å². The third kappa shape index (κ3) is 3.91. The number of benzene rings is 2. The summed E-state index contributed by atoms with van der Waals surface area (Å²) in [7, 11) is 0. The van der Waals surface area contributed by atoms with Crippen molar-refractivity contribution in [3.05, 3.63) is 77.5 Å². The molecule has 0 bridgehead atoms. The van der Waals surface area contributed by atoms with Gasteiger partial charge in [0.2, 0.25) is 5.82 Å². The second-order valence-corrected chi connectivity index (χ2v) is 6.49. The molecule has 4 aromatic rings. The summed E-state index contributed by atoms with van der Waals surface area (Å²) in [5, 5.41) is 4.04. The molecule has 0 atom stereocenters. The second-order valence-electron chi connectivity index (χ2n) is 6.06. The van der Waals surface area contributed by atoms with Crippen molar-refractivity contribution in [2.75, 3.05) is 0 Å². The van der Waals surface area contributed by atoms with Gasteiger partial charge in [0.15, 0.2) is 0 Å². The fourth-order valence-electron chi connectivity index (χ4n) is 2.64. The van der Waals surface area contributed by atoms with E-state index < -0.39 is 12.1 Å². The minimum atomic E-state index is -4.66. The zero-order chi connectivity index (χ0) is 19.7. The van der Waals surface area contributed by atoms with Crippen molar-refractivity contribution >= 4 is 11.6 Å². The standard InChI is InChI=1S/C19H12ClF3N4O/c20-15-7-5-13(6-8-15)16-10-27(11-24-16)9-12-1-3-14(4-2-12)17-25-18(28-26-17)19(21,22)23/h1-8,10-11H,9H2. The first-order valence-corrected chi connectivity index (χ1v) is 8.54. The predicted molar refractivity (Wildman–Crippen MR) is 96.5 cm³/mol. The van der Waals surface area contributed by atoms with Crippen molar-refractivity contribution in [1.29, 1.82) is 0 Å². The zero-order valence-electron chi connectivity index (χ0n) is 14.2. The molecular formula is C19H12ClF3N4O. The number of aromatic nitrogens is 4. The van der Waals surface area contributed by atoms with Gasteiger partial charge in [0.25, 0.3) is 0 Å². The monoisotopic (exact) mass is 404 g/mol. The van der Waals surface area contributed by atoms with Crippen LogP contribution < -0.4 is 0 Å². The Morgan fingerprint density at radius 3 is 2.29 bits per heavy atom. The second kappa shape index (κ2) is 7.12. The van der Waals surface area contributed by atoms with Gasteiger partial charge < -0.3 is 9.09 Å². The Kier molecular flexibility index (Phi) is 4.64. The van der Waals surface area contributed by atoms with Crippen LogP contribution in [0.1, 0.15) is 11.5 Å². The maximum Gasteiger partial charge on any atom is 0.471 e. The van der Waals surface area contributed by atoms with Gasteiger partial charge in [-0.15, -0.1) is 0 Å². The van der Waals surface area contributed by atoms with Crippen LogP contribution in [-0.4, -0.2) is 19.7 Å². The average Bonchev–Trinajstić information content (AvgIpc) is 3.33. The fourth-order valence-corrected chi connectivity index (χ4v) is 2.77. The van der Waals surface area contributed by atoms with Crippen LogP contribution in [0.3, 0.4) is 0 Å². The summed E-state index contributed by atoms with van der Waals surface area (Å²) >= 11 is 5.90. The Morgan fingerprint density at radius 1 is 0.964 bits per heavy atom. The van der Waals surface area contributed by atoms with E-state index in [4.69, 9.17) is 11.6 Å². The summed E-state index contributed by atoms with van der Waals surface area (Å²) in [6.45, 7) is 0.556. The van der Waals surface area contributed by atoms with Crippen molar-refractivity contribution < 1.29 is 17.7 Å². The summed E-state index contributed by atoms with van der Waals surface area (Å²) in [4.78, 5) is 7.77. The first-order chi connectivity index (χ1) is 13.4. The largest absolute Gasteiger partial charge is 0.471 e. The SMILES string of the molecule is FC(F)(F)c1nc(-c2ccc(Cn3cnc(-c4ccc(Cl)cc4)c3)cc2)no1. The van der Waals surface area contributed by atoms with Crippen molar-refractivity contribution in [3.63, 3.8) is 0 Å². The number of nitrogens with zero attached hydrogens (tertiary/aromatic N) is 4. The molecule has 0 saturated heterocycles. The summed E-state index contributed by atoms with van der Waals surface area (Å²) < 4.78 is 43.8. The molecule has 0 amide bonds. The summed E-state index contributed by atoms with van der Waals surface area (Å²) in [6, 6.07) is 14.3. The van der Waals surface area contributed by atoms with Crippen molar-refractivity contribution in [3.8, 4) is 22.6 Å². The minimum absolute atomic E-state index is 0.105. The molecule has 2 aromatic heterocycles. The number of rotatable bonds is 4. The van der Waals surface area contributed by atoms with Gasteiger partial charge in [-0.05, 0) is 17.7 Å². The topological polar surface area (TPSA) is 56.7 Å². The Hall–Kier alpha value is -3.13. The van der Waals surface area contributed by atoms with E-state index in [0.717, 1.165) is 16.8 Å². The maximum absolute atomic E-state index is 12.6. The summed E-state index contributed by atoms with van der Waals surface area (Å²) in [5.41, 5.74) is 3.16. The Bertz CT molecular complexity index is 1090. The molecule has 0 unspecified atom stereocenters. The zero-order valence-corrected chi connectivity index (χ0v) is 14.9. The van der Waals surface area contributed by atoms with Gasteiger partial charge in [0.1, 0.15) is 0 Å². The lowest BCUT2D eigenvalue weighted by Gasteiger charge is -2.03. The molecule has 0 aliphatic heterocycles. The van der Waals surface area contributed by atoms with Crippen LogP contribution in [-0.2, 0) is 12.7 Å². The minimum Gasteiger partial charge on any atom is -0.332 e. The van der Waals surface area contributed by atoms with E-state index in [1.807, 2.05) is 22.9 Å². The van der Waals surface area contributed by atoms with Gasteiger partial charge in [-0.1, -0.05) is 53.2 Å². The highest BCUT2D eigenvalue weighted by atomic mass is 35.5. The van der Waals surface area contributed by atoms with E-state index >= 15 is 0 Å². The van der Waals surface area contributed by atoms with Crippen LogP contribution in [0.5, 0.6) is 0 Å². The third-order valence-electron chi connectivity index (χ3n) is 4.02. The molecule has 2 aromatic carbocycles. The van der Waals surface area contributed by atoms with Crippen LogP contribution in [0.4, 0.5) is 13.2 Å². The highest BCUT2D eigenvalue weighted by molar-refractivity contribution is 6.30. The quantitative estimate of drug-likeness (QED) is 0.462. The molecule has 2 heterocycles. The lowest BCUT2D eigenvalue weighted by Crippen LogP contribution is -2.04. The van der Waals surface area contributed by atoms with Crippen LogP contribution in [0.15, 0.2) is 65.6 Å². The number of hydrogen-bond donors (Lipinski definition) is 0. The fraction of sp³-hybridized carbons (Fsp3) is 0.105. The molecule has 4 rings (SSSR count). The first kappa shape index (κ1) is 18.2. The molecule has 0 radical (unpaired) electrons. The lowest BCUT2D eigenvalue weighted by atomic mass is 10.1. The first-order valence-electron chi connectivity index (χ1n) is 8.16. The van der Waals surface area contributed by atoms with Gasteiger partial charge in [-0.3, -0.25) is 0 Å². The molecule has 142 valence electrons. The van der Waals surface area contributed by atoms with Gasteiger partial charge in [-0.2, -0.15) is 18.2 Å². The Morgan fingerprint density at radius 2 is 1.64 bits per heavy atom. The molecular weight excluding hydrogens is 393 g/mol. The van der Waals surface area contributed by atoms with Crippen LogP contribution >= 0.6 is 11.6 Å². The molecule has 0 N–H and O–H groups in total. The van der Waals surface area contributed by atoms with Crippen molar-refractivity contribution in [2.45, 2.75) is 12.7 Å². The third-order valence-corrected chi connectivity index (χ3v) is 4.27. The van der Waals surface area contributed by atoms with Gasteiger partial charge >= 0.3 is 12.1 Å². The van der Waals surface area contributed by atoms with Crippen LogP contribution in [0.25, 0.3) is 22.6 Å². The molecule has 0 fully saturated rings. The van der Waals surface area contributed by atoms with Gasteiger partial charge in [-0.25, -0.2) is 4.98 Å². The molecule has 28 heavy (non-hydrogen) atoms. The Labute approximate surface area is 162 Å².